The molecular formula is C45H56F2N6O8S2. The maximum absolute atomic E-state index is 14.9. The van der Waals surface area contributed by atoms with Gasteiger partial charge in [-0.3, -0.25) is 23.9 Å². The Hall–Kier alpha value is -4.71. The first-order valence-corrected chi connectivity index (χ1v) is 24.5. The number of amides is 4. The van der Waals surface area contributed by atoms with Gasteiger partial charge in [-0.25, -0.2) is 27.2 Å². The van der Waals surface area contributed by atoms with Gasteiger partial charge in [-0.05, 0) is 64.0 Å². The second-order valence-electron chi connectivity index (χ2n) is 18.2. The summed E-state index contributed by atoms with van der Waals surface area (Å²) < 4.78 is 69.6. The van der Waals surface area contributed by atoms with E-state index in [1.165, 1.54) is 16.2 Å². The number of fused-ring (bicyclic) bond motifs is 3. The summed E-state index contributed by atoms with van der Waals surface area (Å²) in [6.45, 7) is 5.41. The molecule has 4 amide bonds. The van der Waals surface area contributed by atoms with Gasteiger partial charge in [0.2, 0.25) is 27.7 Å². The summed E-state index contributed by atoms with van der Waals surface area (Å²) in [6, 6.07) is 4.27. The normalized spacial score (nSPS) is 27.2. The average molecular weight is 911 g/mol. The first-order chi connectivity index (χ1) is 30.0. The number of halogens is 2. The number of methoxy groups -OCH3 is 1. The second-order valence-corrected chi connectivity index (χ2v) is 21.0. The Morgan fingerprint density at radius 2 is 1.86 bits per heavy atom. The minimum atomic E-state index is -3.95. The van der Waals surface area contributed by atoms with E-state index in [0.717, 1.165) is 21.9 Å². The Morgan fingerprint density at radius 3 is 2.57 bits per heavy atom. The number of piperidine rings is 1. The zero-order valence-corrected chi connectivity index (χ0v) is 37.8. The summed E-state index contributed by atoms with van der Waals surface area (Å²) in [6.07, 6.45) is 6.59. The minimum Gasteiger partial charge on any atom is -0.496 e. The fourth-order valence-electron chi connectivity index (χ4n) is 9.18. The van der Waals surface area contributed by atoms with Gasteiger partial charge in [-0.1, -0.05) is 38.8 Å². The number of benzene rings is 1. The molecule has 4 fully saturated rings. The van der Waals surface area contributed by atoms with Crippen molar-refractivity contribution in [3.8, 4) is 22.9 Å². The number of ether oxygens (including phenoxy) is 2. The molecule has 14 nitrogen and oxygen atoms in total. The molecule has 3 aromatic rings. The second kappa shape index (κ2) is 17.7. The third-order valence-electron chi connectivity index (χ3n) is 13.1. The highest BCUT2D eigenvalue weighted by atomic mass is 32.2. The largest absolute Gasteiger partial charge is 0.496 e. The van der Waals surface area contributed by atoms with Gasteiger partial charge < -0.3 is 24.6 Å². The van der Waals surface area contributed by atoms with Gasteiger partial charge in [0, 0.05) is 66.0 Å². The van der Waals surface area contributed by atoms with E-state index < -0.39 is 80.9 Å². The van der Waals surface area contributed by atoms with Gasteiger partial charge in [0.15, 0.2) is 0 Å². The van der Waals surface area contributed by atoms with E-state index in [4.69, 9.17) is 19.4 Å². The van der Waals surface area contributed by atoms with Crippen LogP contribution in [0.5, 0.6) is 11.5 Å². The van der Waals surface area contributed by atoms with Gasteiger partial charge in [0.1, 0.15) is 29.2 Å². The Morgan fingerprint density at radius 1 is 1.06 bits per heavy atom. The Labute approximate surface area is 370 Å². The summed E-state index contributed by atoms with van der Waals surface area (Å²) in [7, 11) is -2.37. The molecule has 2 saturated carbocycles. The lowest BCUT2D eigenvalue weighted by atomic mass is 9.94. The fourth-order valence-corrected chi connectivity index (χ4v) is 11.4. The zero-order valence-electron chi connectivity index (χ0n) is 36.2. The number of alkyl halides is 2. The van der Waals surface area contributed by atoms with Gasteiger partial charge >= 0.3 is 0 Å². The van der Waals surface area contributed by atoms with Crippen molar-refractivity contribution in [1.29, 1.82) is 0 Å². The summed E-state index contributed by atoms with van der Waals surface area (Å²) in [5.41, 5.74) is 1.04. The number of pyridine rings is 1. The highest BCUT2D eigenvalue weighted by Crippen LogP contribution is 2.46. The monoisotopic (exact) mass is 910 g/mol. The van der Waals surface area contributed by atoms with Crippen molar-refractivity contribution in [2.24, 2.45) is 11.8 Å². The first-order valence-electron chi connectivity index (χ1n) is 22.1. The maximum Gasteiger partial charge on any atom is 0.265 e. The number of nitrogens with zero attached hydrogens (tertiary/aromatic N) is 4. The highest BCUT2D eigenvalue weighted by Gasteiger charge is 2.62. The number of carbonyl (C=O) groups excluding carboxylic acids is 4. The number of likely N-dealkylation sites (tertiary alicyclic amines) is 1. The molecule has 0 unspecified atom stereocenters. The van der Waals surface area contributed by atoms with Crippen molar-refractivity contribution < 1.29 is 45.9 Å². The Balaban J connectivity index is 1.14. The predicted octanol–water partition coefficient (Wildman–Crippen LogP) is 6.41. The molecular weight excluding hydrogens is 855 g/mol. The van der Waals surface area contributed by atoms with Crippen LogP contribution in [0.15, 0.2) is 35.7 Å². The maximum atomic E-state index is 14.9. The van der Waals surface area contributed by atoms with Crippen LogP contribution in [0.2, 0.25) is 0 Å². The Bertz CT molecular complexity index is 2420. The summed E-state index contributed by atoms with van der Waals surface area (Å²) in [5, 5.41) is 5.77. The smallest absolute Gasteiger partial charge is 0.265 e. The zero-order chi connectivity index (χ0) is 44.8. The minimum absolute atomic E-state index is 0.00233. The van der Waals surface area contributed by atoms with E-state index in [0.29, 0.717) is 72.3 Å². The van der Waals surface area contributed by atoms with E-state index in [-0.39, 0.29) is 51.1 Å². The van der Waals surface area contributed by atoms with E-state index in [1.54, 1.807) is 13.2 Å². The number of carbonyl (C=O) groups is 4. The summed E-state index contributed by atoms with van der Waals surface area (Å²) >= 11 is 1.53. The molecule has 3 aliphatic heterocycles. The molecule has 0 radical (unpaired) electrons. The van der Waals surface area contributed by atoms with Crippen molar-refractivity contribution >= 4 is 55.9 Å². The standard InChI is InChI=1S/C45H56F2N6O8S2/c1-26(2)41-49-34(24-62-41)33-21-37(32-15-16-36(60-4)27(3)39(32)48-33)61-30-20-35-40(55)50-45(43(57)51-63(58,59)31-13-14-31)22-29(45)12-9-7-5-6-8-11-28(42(56)53(35)23-30)19-38(54)52-18-10-17-44(46,47)25-52/h9,12,15-16,21,24,26,28-31,35H,5-8,10-11,13-14,17-20,22-23,25H2,1-4H3,(H,50,55)(H,51,57)/b12-9-/t28-,29-,30-,35+,45-/m1/s1. The number of aromatic nitrogens is 2. The summed E-state index contributed by atoms with van der Waals surface area (Å²) in [5.74, 6) is -5.67. The van der Waals surface area contributed by atoms with Crippen LogP contribution in [0, 0.1) is 18.8 Å². The quantitative estimate of drug-likeness (QED) is 0.216. The van der Waals surface area contributed by atoms with Gasteiger partial charge in [-0.15, -0.1) is 11.3 Å². The number of allylic oxidation sites excluding steroid dienone is 1. The van der Waals surface area contributed by atoms with Crippen molar-refractivity contribution in [3.05, 3.63) is 46.3 Å². The lowest BCUT2D eigenvalue weighted by Crippen LogP contribution is -2.57. The SMILES string of the molecule is COc1ccc2c(O[C@@H]3C[C@H]4C(=O)N[C@]5(C(=O)NS(=O)(=O)C6CC6)C[C@H]5/C=C\CCCCC[C@H](CC(=O)N5CCCC(F)(F)C5)C(=O)N4C3)cc(-c3csc(C(C)C)n3)nc2c1C. The number of sulfonamides is 1. The number of nitrogens with one attached hydrogen (secondary N) is 2. The fraction of sp³-hybridized carbons (Fsp3) is 0.600. The van der Waals surface area contributed by atoms with Crippen molar-refractivity contribution in [1.82, 2.24) is 29.8 Å². The number of rotatable bonds is 10. The third kappa shape index (κ3) is 9.57. The van der Waals surface area contributed by atoms with Crippen LogP contribution >= 0.6 is 11.3 Å². The number of hydrogen-bond donors (Lipinski definition) is 2. The predicted molar refractivity (Wildman–Crippen MR) is 233 cm³/mol. The molecule has 340 valence electrons. The molecule has 5 aliphatic rings. The number of hydrogen-bond acceptors (Lipinski definition) is 11. The van der Waals surface area contributed by atoms with Crippen LogP contribution in [0.25, 0.3) is 22.3 Å². The number of thiazole rings is 1. The van der Waals surface area contributed by atoms with Crippen LogP contribution in [-0.2, 0) is 29.2 Å². The molecule has 5 heterocycles. The van der Waals surface area contributed by atoms with E-state index in [2.05, 4.69) is 23.9 Å². The van der Waals surface area contributed by atoms with E-state index >= 15 is 0 Å². The van der Waals surface area contributed by atoms with Crippen LogP contribution in [0.3, 0.4) is 0 Å². The topological polar surface area (TPSA) is 177 Å². The highest BCUT2D eigenvalue weighted by molar-refractivity contribution is 7.91. The van der Waals surface area contributed by atoms with E-state index in [9.17, 15) is 36.4 Å². The van der Waals surface area contributed by atoms with Gasteiger partial charge in [0.05, 0.1) is 47.4 Å². The van der Waals surface area contributed by atoms with Gasteiger partial charge in [-0.2, -0.15) is 0 Å². The van der Waals surface area contributed by atoms with E-state index in [1.807, 2.05) is 36.6 Å². The molecule has 2 aliphatic carbocycles. The third-order valence-corrected chi connectivity index (χ3v) is 16.0. The van der Waals surface area contributed by atoms with Crippen molar-refractivity contribution in [2.45, 2.75) is 133 Å². The summed E-state index contributed by atoms with van der Waals surface area (Å²) in [4.78, 5) is 69.6. The molecule has 1 aromatic carbocycles. The number of aryl methyl sites for hydroxylation is 1. The molecule has 2 saturated heterocycles. The first kappa shape index (κ1) is 44.9. The molecule has 63 heavy (non-hydrogen) atoms. The van der Waals surface area contributed by atoms with Crippen LogP contribution in [0.4, 0.5) is 8.78 Å². The Kier molecular flexibility index (Phi) is 12.6. The molecule has 18 heteroatoms. The van der Waals surface area contributed by atoms with Crippen LogP contribution in [-0.4, -0.2) is 107 Å². The van der Waals surface area contributed by atoms with Crippen molar-refractivity contribution in [3.63, 3.8) is 0 Å². The molecule has 8 rings (SSSR count). The molecule has 0 bridgehead atoms. The lowest BCUT2D eigenvalue weighted by Gasteiger charge is -2.34. The molecule has 2 aromatic heterocycles. The lowest BCUT2D eigenvalue weighted by molar-refractivity contribution is -0.148. The average Bonchev–Trinajstić information content (AvgIpc) is 4.11. The van der Waals surface area contributed by atoms with Crippen LogP contribution < -0.4 is 19.5 Å². The van der Waals surface area contributed by atoms with Crippen LogP contribution in [0.1, 0.15) is 107 Å². The van der Waals surface area contributed by atoms with Gasteiger partial charge in [0.25, 0.3) is 11.8 Å². The molecule has 5 atom stereocenters. The molecule has 0 spiro atoms. The van der Waals surface area contributed by atoms with Crippen molar-refractivity contribution in [2.75, 3.05) is 26.7 Å². The molecule has 2 N–H and O–H groups in total.